The molecule has 1 aliphatic heterocycles. The number of rotatable bonds is 2. The van der Waals surface area contributed by atoms with Gasteiger partial charge in [-0.1, -0.05) is 15.9 Å². The number of carbonyl (C=O) groups excluding carboxylic acids is 1. The van der Waals surface area contributed by atoms with Gasteiger partial charge in [-0.05, 0) is 18.2 Å². The van der Waals surface area contributed by atoms with Crippen molar-refractivity contribution in [3.63, 3.8) is 0 Å². The van der Waals surface area contributed by atoms with E-state index in [1.807, 2.05) is 0 Å². The molecule has 0 bridgehead atoms. The Morgan fingerprint density at radius 3 is 2.61 bits per heavy atom. The van der Waals surface area contributed by atoms with Gasteiger partial charge in [-0.3, -0.25) is 4.79 Å². The van der Waals surface area contributed by atoms with Crippen molar-refractivity contribution in [3.05, 3.63) is 28.5 Å². The van der Waals surface area contributed by atoms with Gasteiger partial charge in [0.15, 0.2) is 0 Å². The molecule has 0 radical (unpaired) electrons. The van der Waals surface area contributed by atoms with Crippen LogP contribution in [0.3, 0.4) is 0 Å². The highest BCUT2D eigenvalue weighted by atomic mass is 79.9. The molecule has 1 fully saturated rings. The van der Waals surface area contributed by atoms with Gasteiger partial charge >= 0.3 is 10.2 Å². The second-order valence-corrected chi connectivity index (χ2v) is 6.44. The molecule has 1 heterocycles. The number of amides is 1. The number of benzene rings is 1. The van der Waals surface area contributed by atoms with E-state index in [2.05, 4.69) is 15.9 Å². The van der Waals surface area contributed by atoms with Crippen molar-refractivity contribution in [1.29, 1.82) is 0 Å². The third kappa shape index (κ3) is 2.54. The Hall–Kier alpha value is -1.02. The standard InChI is InChI=1S/C10H8BrF2NO3S/c11-6-1-2-8(12)9(3-6)14-5-7(4-10(14)15)18(13,16)17/h1-3,7H,4-5H2. The molecule has 1 amide bonds. The lowest BCUT2D eigenvalue weighted by Gasteiger charge is -2.17. The van der Waals surface area contributed by atoms with Crippen molar-refractivity contribution in [1.82, 2.24) is 0 Å². The minimum absolute atomic E-state index is 0.0551. The van der Waals surface area contributed by atoms with Gasteiger partial charge in [0.25, 0.3) is 0 Å². The Bertz CT molecular complexity index is 605. The van der Waals surface area contributed by atoms with Gasteiger partial charge < -0.3 is 4.90 Å². The number of anilines is 1. The second-order valence-electron chi connectivity index (χ2n) is 3.90. The molecule has 1 aliphatic rings. The fraction of sp³-hybridized carbons (Fsp3) is 0.300. The Kier molecular flexibility index (Phi) is 3.41. The molecule has 1 saturated heterocycles. The van der Waals surface area contributed by atoms with E-state index >= 15 is 0 Å². The highest BCUT2D eigenvalue weighted by Crippen LogP contribution is 2.30. The minimum Gasteiger partial charge on any atom is -0.308 e. The number of nitrogens with zero attached hydrogens (tertiary/aromatic N) is 1. The third-order valence-corrected chi connectivity index (χ3v) is 4.29. The van der Waals surface area contributed by atoms with E-state index in [-0.39, 0.29) is 12.2 Å². The number of hydrogen-bond acceptors (Lipinski definition) is 3. The first-order valence-electron chi connectivity index (χ1n) is 4.98. The zero-order valence-corrected chi connectivity index (χ0v) is 11.3. The van der Waals surface area contributed by atoms with Crippen molar-refractivity contribution in [3.8, 4) is 0 Å². The van der Waals surface area contributed by atoms with Crippen LogP contribution in [0.25, 0.3) is 0 Å². The molecule has 0 spiro atoms. The molecule has 1 aromatic carbocycles. The van der Waals surface area contributed by atoms with Crippen LogP contribution in [0, 0.1) is 5.82 Å². The Balaban J connectivity index is 2.35. The van der Waals surface area contributed by atoms with E-state index in [0.717, 1.165) is 11.0 Å². The van der Waals surface area contributed by atoms with E-state index in [0.29, 0.717) is 4.47 Å². The van der Waals surface area contributed by atoms with Gasteiger partial charge in [-0.25, -0.2) is 4.39 Å². The van der Waals surface area contributed by atoms with Gasteiger partial charge in [-0.15, -0.1) is 3.89 Å². The monoisotopic (exact) mass is 339 g/mol. The summed E-state index contributed by atoms with van der Waals surface area (Å²) in [4.78, 5) is 12.6. The average molecular weight is 340 g/mol. The molecule has 8 heteroatoms. The summed E-state index contributed by atoms with van der Waals surface area (Å²) in [5.74, 6) is -1.28. The topological polar surface area (TPSA) is 54.5 Å². The van der Waals surface area contributed by atoms with E-state index < -0.39 is 33.6 Å². The maximum atomic E-state index is 13.6. The first-order chi connectivity index (χ1) is 8.29. The van der Waals surface area contributed by atoms with Gasteiger partial charge in [0.1, 0.15) is 11.1 Å². The van der Waals surface area contributed by atoms with Gasteiger partial charge in [0, 0.05) is 17.4 Å². The van der Waals surface area contributed by atoms with Crippen molar-refractivity contribution >= 4 is 37.7 Å². The van der Waals surface area contributed by atoms with E-state index in [1.165, 1.54) is 12.1 Å². The van der Waals surface area contributed by atoms with Crippen LogP contribution in [0.15, 0.2) is 22.7 Å². The molecule has 0 saturated carbocycles. The molecule has 4 nitrogen and oxygen atoms in total. The summed E-state index contributed by atoms with van der Waals surface area (Å²) < 4.78 is 48.4. The van der Waals surface area contributed by atoms with Crippen LogP contribution >= 0.6 is 15.9 Å². The summed E-state index contributed by atoms with van der Waals surface area (Å²) >= 11 is 3.12. The third-order valence-electron chi connectivity index (χ3n) is 2.69. The SMILES string of the molecule is O=C1CC(S(=O)(=O)F)CN1c1cc(Br)ccc1F. The average Bonchev–Trinajstić information content (AvgIpc) is 2.64. The Morgan fingerprint density at radius 1 is 1.39 bits per heavy atom. The quantitative estimate of drug-likeness (QED) is 0.774. The molecule has 0 aromatic heterocycles. The Morgan fingerprint density at radius 2 is 2.06 bits per heavy atom. The van der Waals surface area contributed by atoms with Crippen molar-refractivity contribution < 1.29 is 21.5 Å². The van der Waals surface area contributed by atoms with Gasteiger partial charge in [0.05, 0.1) is 5.69 Å². The van der Waals surface area contributed by atoms with Crippen LogP contribution in [0.4, 0.5) is 14.0 Å². The van der Waals surface area contributed by atoms with Gasteiger partial charge in [-0.2, -0.15) is 8.42 Å². The lowest BCUT2D eigenvalue weighted by molar-refractivity contribution is -0.117. The molecule has 18 heavy (non-hydrogen) atoms. The lowest BCUT2D eigenvalue weighted by Crippen LogP contribution is -2.27. The number of hydrogen-bond donors (Lipinski definition) is 0. The van der Waals surface area contributed by atoms with Gasteiger partial charge in [0.2, 0.25) is 5.91 Å². The predicted octanol–water partition coefficient (Wildman–Crippen LogP) is 1.99. The molecule has 0 aliphatic carbocycles. The maximum Gasteiger partial charge on any atom is 0.307 e. The van der Waals surface area contributed by atoms with E-state index in [9.17, 15) is 21.5 Å². The van der Waals surface area contributed by atoms with Crippen LogP contribution in [0.5, 0.6) is 0 Å². The molecule has 0 N–H and O–H groups in total. The van der Waals surface area contributed by atoms with Crippen LogP contribution in [0.1, 0.15) is 6.42 Å². The zero-order chi connectivity index (χ0) is 13.5. The minimum atomic E-state index is -4.80. The lowest BCUT2D eigenvalue weighted by atomic mass is 10.3. The molecular formula is C10H8BrF2NO3S. The summed E-state index contributed by atoms with van der Waals surface area (Å²) in [6, 6.07) is 3.94. The maximum absolute atomic E-state index is 13.6. The van der Waals surface area contributed by atoms with Crippen LogP contribution in [-0.2, 0) is 15.0 Å². The molecule has 1 atom stereocenters. The van der Waals surface area contributed by atoms with E-state index in [4.69, 9.17) is 0 Å². The summed E-state index contributed by atoms with van der Waals surface area (Å²) in [6.07, 6.45) is -0.467. The first-order valence-corrected chi connectivity index (χ1v) is 7.22. The molecular weight excluding hydrogens is 332 g/mol. The molecule has 1 unspecified atom stereocenters. The summed E-state index contributed by atoms with van der Waals surface area (Å²) in [5.41, 5.74) is -0.0551. The van der Waals surface area contributed by atoms with Crippen molar-refractivity contribution in [2.24, 2.45) is 0 Å². The molecule has 1 aromatic rings. The summed E-state index contributed by atoms with van der Waals surface area (Å²) in [7, 11) is -4.80. The fourth-order valence-corrected chi connectivity index (χ4v) is 2.81. The predicted molar refractivity (Wildman–Crippen MR) is 64.9 cm³/mol. The van der Waals surface area contributed by atoms with Crippen LogP contribution in [0.2, 0.25) is 0 Å². The second kappa shape index (κ2) is 4.58. The normalized spacial score (nSPS) is 20.5. The van der Waals surface area contributed by atoms with E-state index in [1.54, 1.807) is 0 Å². The number of carbonyl (C=O) groups is 1. The van der Waals surface area contributed by atoms with Crippen LogP contribution in [-0.4, -0.2) is 26.1 Å². The highest BCUT2D eigenvalue weighted by molar-refractivity contribution is 9.10. The molecule has 98 valence electrons. The Labute approximate surface area is 111 Å². The summed E-state index contributed by atoms with van der Waals surface area (Å²) in [5, 5.41) is -1.43. The smallest absolute Gasteiger partial charge is 0.307 e. The summed E-state index contributed by atoms with van der Waals surface area (Å²) in [6.45, 7) is -0.370. The largest absolute Gasteiger partial charge is 0.308 e. The first kappa shape index (κ1) is 13.4. The highest BCUT2D eigenvalue weighted by Gasteiger charge is 2.39. The zero-order valence-electron chi connectivity index (χ0n) is 8.94. The molecule has 2 rings (SSSR count). The number of halogens is 3. The van der Waals surface area contributed by atoms with Crippen molar-refractivity contribution in [2.45, 2.75) is 11.7 Å². The van der Waals surface area contributed by atoms with Crippen LogP contribution < -0.4 is 4.90 Å². The van der Waals surface area contributed by atoms with Crippen molar-refractivity contribution in [2.75, 3.05) is 11.4 Å². The fourth-order valence-electron chi connectivity index (χ4n) is 1.79.